The lowest BCUT2D eigenvalue weighted by Gasteiger charge is -2.17. The van der Waals surface area contributed by atoms with Gasteiger partial charge in [-0.1, -0.05) is 6.92 Å². The minimum Gasteiger partial charge on any atom is -0.481 e. The number of halogens is 6. The molecule has 4 nitrogen and oxygen atoms in total. The van der Waals surface area contributed by atoms with Crippen molar-refractivity contribution in [3.05, 3.63) is 28.6 Å². The third-order valence-corrected chi connectivity index (χ3v) is 3.36. The molecule has 0 radical (unpaired) electrons. The van der Waals surface area contributed by atoms with Gasteiger partial charge < -0.3 is 10.4 Å². The maximum absolute atomic E-state index is 14.2. The van der Waals surface area contributed by atoms with Gasteiger partial charge in [-0.2, -0.15) is 13.2 Å². The minimum atomic E-state index is -5.30. The number of hydrogen-bond donors (Lipinski definition) is 2. The first kappa shape index (κ1) is 20.8. The zero-order valence-electron chi connectivity index (χ0n) is 13.1. The summed E-state index contributed by atoms with van der Waals surface area (Å²) in [5.74, 6) is -8.17. The number of rotatable bonds is 7. The van der Waals surface area contributed by atoms with Gasteiger partial charge in [0, 0.05) is 18.4 Å². The smallest absolute Gasteiger partial charge is 0.419 e. The van der Waals surface area contributed by atoms with Crippen LogP contribution in [0.1, 0.15) is 43.7 Å². The molecule has 0 aliphatic heterocycles. The Morgan fingerprint density at radius 3 is 2.04 bits per heavy atom. The van der Waals surface area contributed by atoms with Gasteiger partial charge in [0.2, 0.25) is 5.91 Å². The lowest BCUT2D eigenvalue weighted by atomic mass is 10.0. The standard InChI is InChI=1S/C15H15F6NO3/c1-2-7-10(15(19,20)21)12(17)13(18)14(11(7)16)22-8(23)5-3-4-6-9(24)25/h2-6H2,1H3,(H,22,23)(H,24,25). The van der Waals surface area contributed by atoms with Crippen LogP contribution >= 0.6 is 0 Å². The maximum atomic E-state index is 14.2. The Hall–Kier alpha value is -2.26. The van der Waals surface area contributed by atoms with Gasteiger partial charge in [-0.25, -0.2) is 13.2 Å². The van der Waals surface area contributed by atoms with Crippen molar-refractivity contribution in [1.82, 2.24) is 0 Å². The van der Waals surface area contributed by atoms with Gasteiger partial charge in [0.15, 0.2) is 17.5 Å². The zero-order chi connectivity index (χ0) is 19.4. The van der Waals surface area contributed by atoms with E-state index in [4.69, 9.17) is 5.11 Å². The number of aliphatic carboxylic acids is 1. The van der Waals surface area contributed by atoms with Gasteiger partial charge in [0.25, 0.3) is 0 Å². The highest BCUT2D eigenvalue weighted by molar-refractivity contribution is 5.91. The molecule has 0 spiro atoms. The van der Waals surface area contributed by atoms with Crippen molar-refractivity contribution in [2.24, 2.45) is 0 Å². The molecule has 0 heterocycles. The van der Waals surface area contributed by atoms with Crippen LogP contribution in [0.2, 0.25) is 0 Å². The predicted octanol–water partition coefficient (Wildman–Crippen LogP) is 4.27. The van der Waals surface area contributed by atoms with E-state index >= 15 is 0 Å². The molecule has 2 N–H and O–H groups in total. The summed E-state index contributed by atoms with van der Waals surface area (Å²) >= 11 is 0. The Labute approximate surface area is 138 Å². The van der Waals surface area contributed by atoms with Crippen LogP contribution in [0.5, 0.6) is 0 Å². The average Bonchev–Trinajstić information content (AvgIpc) is 2.49. The molecular weight excluding hydrogens is 356 g/mol. The number of benzene rings is 1. The number of carbonyl (C=O) groups is 2. The molecule has 1 aromatic carbocycles. The summed E-state index contributed by atoms with van der Waals surface area (Å²) in [6.45, 7) is 1.13. The van der Waals surface area contributed by atoms with Crippen LogP contribution in [0.25, 0.3) is 0 Å². The van der Waals surface area contributed by atoms with Crippen molar-refractivity contribution < 1.29 is 41.0 Å². The van der Waals surface area contributed by atoms with E-state index in [1.807, 2.05) is 0 Å². The molecule has 1 rings (SSSR count). The fourth-order valence-corrected chi connectivity index (χ4v) is 2.21. The first-order valence-corrected chi connectivity index (χ1v) is 7.28. The van der Waals surface area contributed by atoms with Crippen LogP contribution in [-0.2, 0) is 22.2 Å². The Morgan fingerprint density at radius 2 is 1.56 bits per heavy atom. The molecule has 0 saturated heterocycles. The van der Waals surface area contributed by atoms with Crippen molar-refractivity contribution in [1.29, 1.82) is 0 Å². The number of carboxylic acid groups (broad SMARTS) is 1. The van der Waals surface area contributed by atoms with Crippen molar-refractivity contribution in [3.63, 3.8) is 0 Å². The second-order valence-corrected chi connectivity index (χ2v) is 5.17. The monoisotopic (exact) mass is 371 g/mol. The number of alkyl halides is 3. The molecule has 0 unspecified atom stereocenters. The topological polar surface area (TPSA) is 66.4 Å². The molecule has 0 fully saturated rings. The van der Waals surface area contributed by atoms with Gasteiger partial charge >= 0.3 is 12.1 Å². The molecule has 0 atom stereocenters. The third kappa shape index (κ3) is 5.10. The predicted molar refractivity (Wildman–Crippen MR) is 75.4 cm³/mol. The zero-order valence-corrected chi connectivity index (χ0v) is 13.1. The molecule has 25 heavy (non-hydrogen) atoms. The highest BCUT2D eigenvalue weighted by Crippen LogP contribution is 2.39. The van der Waals surface area contributed by atoms with Gasteiger partial charge in [0.05, 0.1) is 0 Å². The van der Waals surface area contributed by atoms with Crippen LogP contribution < -0.4 is 5.32 Å². The summed E-state index contributed by atoms with van der Waals surface area (Å²) in [6.07, 6.45) is -6.21. The number of anilines is 1. The Balaban J connectivity index is 3.07. The van der Waals surface area contributed by atoms with E-state index in [0.29, 0.717) is 0 Å². The Morgan fingerprint density at radius 1 is 1.00 bits per heavy atom. The highest BCUT2D eigenvalue weighted by atomic mass is 19.4. The normalized spacial score (nSPS) is 11.5. The third-order valence-electron chi connectivity index (χ3n) is 3.36. The van der Waals surface area contributed by atoms with E-state index in [2.05, 4.69) is 0 Å². The second-order valence-electron chi connectivity index (χ2n) is 5.17. The minimum absolute atomic E-state index is 0.0745. The molecule has 0 aliphatic rings. The average molecular weight is 371 g/mol. The van der Waals surface area contributed by atoms with E-state index in [1.165, 1.54) is 0 Å². The molecule has 0 bridgehead atoms. The quantitative estimate of drug-likeness (QED) is 0.427. The van der Waals surface area contributed by atoms with Crippen LogP contribution in [0.4, 0.5) is 32.0 Å². The van der Waals surface area contributed by atoms with E-state index in [-0.39, 0.29) is 25.7 Å². The van der Waals surface area contributed by atoms with Gasteiger partial charge in [-0.05, 0) is 19.3 Å². The van der Waals surface area contributed by atoms with Crippen LogP contribution in [0.15, 0.2) is 0 Å². The van der Waals surface area contributed by atoms with Gasteiger partial charge in [-0.15, -0.1) is 0 Å². The SMILES string of the molecule is CCc1c(F)c(NC(=O)CCCCC(=O)O)c(F)c(F)c1C(F)(F)F. The number of hydrogen-bond acceptors (Lipinski definition) is 2. The van der Waals surface area contributed by atoms with E-state index in [1.54, 1.807) is 5.32 Å². The fourth-order valence-electron chi connectivity index (χ4n) is 2.21. The summed E-state index contributed by atoms with van der Waals surface area (Å²) in [7, 11) is 0. The molecule has 140 valence electrons. The highest BCUT2D eigenvalue weighted by Gasteiger charge is 2.41. The van der Waals surface area contributed by atoms with Crippen LogP contribution in [0.3, 0.4) is 0 Å². The lowest BCUT2D eigenvalue weighted by molar-refractivity contribution is -0.141. The largest absolute Gasteiger partial charge is 0.481 e. The fraction of sp³-hybridized carbons (Fsp3) is 0.467. The number of carbonyl (C=O) groups excluding carboxylic acids is 1. The van der Waals surface area contributed by atoms with Gasteiger partial charge in [0.1, 0.15) is 11.3 Å². The van der Waals surface area contributed by atoms with E-state index in [9.17, 15) is 35.9 Å². The van der Waals surface area contributed by atoms with Crippen molar-refractivity contribution in [3.8, 4) is 0 Å². The van der Waals surface area contributed by atoms with Crippen molar-refractivity contribution >= 4 is 17.6 Å². The van der Waals surface area contributed by atoms with Crippen LogP contribution in [-0.4, -0.2) is 17.0 Å². The molecule has 10 heteroatoms. The number of amides is 1. The summed E-state index contributed by atoms with van der Waals surface area (Å²) in [4.78, 5) is 21.9. The molecule has 0 aliphatic carbocycles. The molecule has 0 saturated carbocycles. The van der Waals surface area contributed by atoms with E-state index < -0.39 is 58.7 Å². The number of nitrogens with one attached hydrogen (secondary N) is 1. The van der Waals surface area contributed by atoms with Crippen molar-refractivity contribution in [2.45, 2.75) is 45.2 Å². The van der Waals surface area contributed by atoms with Crippen LogP contribution in [0, 0.1) is 17.5 Å². The molecule has 1 aromatic rings. The summed E-state index contributed by atoms with van der Waals surface area (Å²) in [5.41, 5.74) is -4.41. The Bertz CT molecular complexity index is 672. The number of carboxylic acids is 1. The first-order chi connectivity index (χ1) is 11.5. The van der Waals surface area contributed by atoms with Gasteiger partial charge in [-0.3, -0.25) is 9.59 Å². The molecule has 1 amide bonds. The molecule has 0 aromatic heterocycles. The first-order valence-electron chi connectivity index (χ1n) is 7.28. The second kappa shape index (κ2) is 8.21. The molecular formula is C15H15F6NO3. The van der Waals surface area contributed by atoms with E-state index in [0.717, 1.165) is 6.92 Å². The summed E-state index contributed by atoms with van der Waals surface area (Å²) < 4.78 is 80.2. The Kier molecular flexibility index (Phi) is 6.83. The summed E-state index contributed by atoms with van der Waals surface area (Å²) in [6, 6.07) is 0. The maximum Gasteiger partial charge on any atom is 0.419 e. The van der Waals surface area contributed by atoms with Crippen molar-refractivity contribution in [2.75, 3.05) is 5.32 Å². The number of unbranched alkanes of at least 4 members (excludes halogenated alkanes) is 1. The summed E-state index contributed by atoms with van der Waals surface area (Å²) in [5, 5.41) is 10.2. The lowest BCUT2D eigenvalue weighted by Crippen LogP contribution is -2.20.